The number of nitrogens with zero attached hydrogens (tertiary/aromatic N) is 3. The van der Waals surface area contributed by atoms with Gasteiger partial charge in [-0.15, -0.1) is 25.8 Å². The number of aromatic nitrogens is 3. The van der Waals surface area contributed by atoms with Crippen molar-refractivity contribution < 1.29 is 13.3 Å². The molecule has 0 aromatic carbocycles. The zero-order chi connectivity index (χ0) is 17.9. The van der Waals surface area contributed by atoms with Crippen LogP contribution in [0.1, 0.15) is 24.5 Å². The molecular weight excluding hydrogens is 396 g/mol. The number of thiophene rings is 1. The van der Waals surface area contributed by atoms with Crippen LogP contribution in [-0.4, -0.2) is 30.9 Å². The van der Waals surface area contributed by atoms with Crippen molar-refractivity contribution in [2.45, 2.75) is 31.6 Å². The average Bonchev–Trinajstić information content (AvgIpc) is 3.11. The fourth-order valence-electron chi connectivity index (χ4n) is 1.86. The summed E-state index contributed by atoms with van der Waals surface area (Å²) in [6, 6.07) is 0. The van der Waals surface area contributed by atoms with Crippen molar-refractivity contribution in [3.63, 3.8) is 0 Å². The van der Waals surface area contributed by atoms with Crippen LogP contribution >= 0.6 is 35.2 Å². The normalized spacial score (nSPS) is 12.2. The molecule has 0 aliphatic heterocycles. The van der Waals surface area contributed by atoms with E-state index in [-0.39, 0.29) is 5.11 Å². The molecule has 2 aromatic rings. The molecule has 0 saturated heterocycles. The quantitative estimate of drug-likeness (QED) is 0.567. The Hall–Kier alpha value is -1.27. The van der Waals surface area contributed by atoms with Crippen molar-refractivity contribution in [1.29, 1.82) is 0 Å². The molecule has 2 aromatic heterocycles. The lowest BCUT2D eigenvalue weighted by Crippen LogP contribution is -2.38. The third kappa shape index (κ3) is 3.70. The van der Waals surface area contributed by atoms with Gasteiger partial charge >= 0.3 is 5.69 Å². The Morgan fingerprint density at radius 3 is 2.75 bits per heavy atom. The highest BCUT2D eigenvalue weighted by atomic mass is 35.5. The van der Waals surface area contributed by atoms with Crippen LogP contribution in [0.4, 0.5) is 0 Å². The Morgan fingerprint density at radius 2 is 2.21 bits per heavy atom. The number of aryl methyl sites for hydroxylation is 2. The van der Waals surface area contributed by atoms with Crippen molar-refractivity contribution in [3.05, 3.63) is 31.6 Å². The molecule has 0 bridgehead atoms. The minimum atomic E-state index is -1.88. The van der Waals surface area contributed by atoms with Crippen LogP contribution in [0.15, 0.2) is 15.1 Å². The van der Waals surface area contributed by atoms with Gasteiger partial charge in [0.1, 0.15) is 12.0 Å². The minimum absolute atomic E-state index is 0.164. The number of rotatable bonds is 6. The minimum Gasteiger partial charge on any atom is -0.411 e. The SMILES string of the molecule is CCc1scc(Cl)c1S(=O)ONC(=S)n1nc(CC)n(OC)c1=O. The van der Waals surface area contributed by atoms with Crippen LogP contribution in [0.5, 0.6) is 0 Å². The van der Waals surface area contributed by atoms with Gasteiger partial charge in [0.15, 0.2) is 5.82 Å². The number of hydroxylamine groups is 1. The fraction of sp³-hybridized carbons (Fsp3) is 0.417. The van der Waals surface area contributed by atoms with Crippen LogP contribution in [0, 0.1) is 0 Å². The van der Waals surface area contributed by atoms with Crippen LogP contribution in [0.2, 0.25) is 5.02 Å². The van der Waals surface area contributed by atoms with E-state index in [2.05, 4.69) is 10.6 Å². The van der Waals surface area contributed by atoms with Gasteiger partial charge < -0.3 is 4.84 Å². The van der Waals surface area contributed by atoms with Crippen LogP contribution < -0.4 is 16.0 Å². The molecule has 0 amide bonds. The van der Waals surface area contributed by atoms with E-state index < -0.39 is 16.8 Å². The van der Waals surface area contributed by atoms with E-state index in [1.165, 1.54) is 18.4 Å². The zero-order valence-corrected chi connectivity index (χ0v) is 16.3. The molecule has 1 N–H and O–H groups in total. The second kappa shape index (κ2) is 8.21. The Morgan fingerprint density at radius 1 is 1.50 bits per heavy atom. The predicted molar refractivity (Wildman–Crippen MR) is 95.7 cm³/mol. The molecule has 0 aliphatic rings. The van der Waals surface area contributed by atoms with Gasteiger partial charge in [-0.25, -0.2) is 14.5 Å². The Labute approximate surface area is 154 Å². The Kier molecular flexibility index (Phi) is 6.52. The molecule has 1 unspecified atom stereocenters. The largest absolute Gasteiger partial charge is 0.411 e. The number of nitrogens with one attached hydrogen (secondary N) is 1. The van der Waals surface area contributed by atoms with Gasteiger partial charge in [0.25, 0.3) is 0 Å². The molecule has 0 saturated carbocycles. The molecule has 132 valence electrons. The molecule has 2 heterocycles. The van der Waals surface area contributed by atoms with E-state index in [0.717, 1.165) is 14.3 Å². The molecule has 0 aliphatic carbocycles. The summed E-state index contributed by atoms with van der Waals surface area (Å²) in [4.78, 5) is 18.3. The lowest BCUT2D eigenvalue weighted by Gasteiger charge is -2.06. The van der Waals surface area contributed by atoms with Gasteiger partial charge in [-0.2, -0.15) is 4.28 Å². The molecule has 24 heavy (non-hydrogen) atoms. The molecule has 0 spiro atoms. The Balaban J connectivity index is 2.14. The van der Waals surface area contributed by atoms with Crippen LogP contribution in [0.25, 0.3) is 0 Å². The highest BCUT2D eigenvalue weighted by Gasteiger charge is 2.20. The third-order valence-corrected chi connectivity index (χ3v) is 6.05. The van der Waals surface area contributed by atoms with Crippen molar-refractivity contribution in [2.24, 2.45) is 0 Å². The number of thiocarbonyl (C=S) groups is 1. The number of halogens is 1. The van der Waals surface area contributed by atoms with E-state index in [1.807, 2.05) is 13.8 Å². The van der Waals surface area contributed by atoms with E-state index in [1.54, 1.807) is 5.38 Å². The first-order valence-corrected chi connectivity index (χ1v) is 9.59. The van der Waals surface area contributed by atoms with Gasteiger partial charge in [-0.05, 0) is 18.6 Å². The van der Waals surface area contributed by atoms with Gasteiger partial charge in [-0.3, -0.25) is 0 Å². The standard InChI is InChI=1S/C12H15ClN4O4S3/c1-4-8-10(7(13)6-23-8)24(19)21-15-11(22)16-12(18)17(20-3)9(5-2)14-16/h6H,4-5H2,1-3H3,(H,15,22). The summed E-state index contributed by atoms with van der Waals surface area (Å²) in [6.45, 7) is 3.73. The van der Waals surface area contributed by atoms with E-state index in [9.17, 15) is 9.00 Å². The van der Waals surface area contributed by atoms with Crippen molar-refractivity contribution in [1.82, 2.24) is 20.0 Å². The second-order valence-corrected chi connectivity index (χ2v) is 7.16. The predicted octanol–water partition coefficient (Wildman–Crippen LogP) is 1.32. The molecular formula is C12H15ClN4O4S3. The monoisotopic (exact) mass is 410 g/mol. The average molecular weight is 411 g/mol. The second-order valence-electron chi connectivity index (χ2n) is 4.36. The van der Waals surface area contributed by atoms with Gasteiger partial charge in [-0.1, -0.05) is 25.4 Å². The van der Waals surface area contributed by atoms with Crippen LogP contribution in [-0.2, 0) is 28.2 Å². The summed E-state index contributed by atoms with van der Waals surface area (Å²) < 4.78 is 19.2. The maximum atomic E-state index is 12.3. The Bertz CT molecular complexity index is 829. The fourth-order valence-corrected chi connectivity index (χ4v) is 4.53. The first-order valence-electron chi connectivity index (χ1n) is 6.85. The van der Waals surface area contributed by atoms with Crippen molar-refractivity contribution >= 4 is 51.3 Å². The van der Waals surface area contributed by atoms with Crippen LogP contribution in [0.3, 0.4) is 0 Å². The van der Waals surface area contributed by atoms with Crippen molar-refractivity contribution in [3.8, 4) is 0 Å². The summed E-state index contributed by atoms with van der Waals surface area (Å²) in [7, 11) is 1.35. The number of hydrogen-bond donors (Lipinski definition) is 1. The highest BCUT2D eigenvalue weighted by Crippen LogP contribution is 2.30. The first kappa shape index (κ1) is 19.1. The summed E-state index contributed by atoms with van der Waals surface area (Å²) >= 11 is 10.6. The molecule has 0 fully saturated rings. The lowest BCUT2D eigenvalue weighted by atomic mass is 10.4. The summed E-state index contributed by atoms with van der Waals surface area (Å²) in [5.74, 6) is 0.391. The smallest absolute Gasteiger partial charge is 0.386 e. The highest BCUT2D eigenvalue weighted by molar-refractivity contribution is 7.81. The number of hydrogen-bond acceptors (Lipinski definition) is 7. The maximum absolute atomic E-state index is 12.3. The first-order chi connectivity index (χ1) is 11.4. The van der Waals surface area contributed by atoms with Gasteiger partial charge in [0.05, 0.1) is 5.02 Å². The zero-order valence-electron chi connectivity index (χ0n) is 13.1. The molecule has 0 radical (unpaired) electrons. The molecule has 1 atom stereocenters. The van der Waals surface area contributed by atoms with E-state index >= 15 is 0 Å². The molecule has 8 nitrogen and oxygen atoms in total. The van der Waals surface area contributed by atoms with E-state index in [0.29, 0.717) is 28.6 Å². The summed E-state index contributed by atoms with van der Waals surface area (Å²) in [5.41, 5.74) is 1.71. The van der Waals surface area contributed by atoms with Gasteiger partial charge in [0.2, 0.25) is 16.2 Å². The van der Waals surface area contributed by atoms with E-state index in [4.69, 9.17) is 32.9 Å². The molecule has 2 rings (SSSR count). The third-order valence-electron chi connectivity index (χ3n) is 2.96. The lowest BCUT2D eigenvalue weighted by molar-refractivity contribution is 0.148. The summed E-state index contributed by atoms with van der Waals surface area (Å²) in [6.07, 6.45) is 1.14. The topological polar surface area (TPSA) is 87.4 Å². The molecule has 12 heteroatoms. The maximum Gasteiger partial charge on any atom is 0.386 e. The van der Waals surface area contributed by atoms with Gasteiger partial charge in [0, 0.05) is 16.7 Å². The summed E-state index contributed by atoms with van der Waals surface area (Å²) in [5, 5.41) is 5.91. The van der Waals surface area contributed by atoms with Crippen molar-refractivity contribution in [2.75, 3.05) is 7.11 Å².